The summed E-state index contributed by atoms with van der Waals surface area (Å²) in [7, 11) is -3.71. The van der Waals surface area contributed by atoms with E-state index in [0.717, 1.165) is 17.7 Å². The Labute approximate surface area is 151 Å². The number of hydrogen-bond acceptors (Lipinski definition) is 3. The number of amides is 1. The van der Waals surface area contributed by atoms with Crippen LogP contribution in [0.3, 0.4) is 0 Å². The van der Waals surface area contributed by atoms with Crippen LogP contribution in [0, 0.1) is 12.7 Å². The molecular weight excluding hydrogens is 367 g/mol. The molecule has 0 saturated heterocycles. The van der Waals surface area contributed by atoms with E-state index in [1.807, 2.05) is 0 Å². The van der Waals surface area contributed by atoms with E-state index < -0.39 is 15.8 Å². The summed E-state index contributed by atoms with van der Waals surface area (Å²) < 4.78 is 39.2. The van der Waals surface area contributed by atoms with Gasteiger partial charge in [-0.05, 0) is 55.3 Å². The van der Waals surface area contributed by atoms with Crippen molar-refractivity contribution < 1.29 is 17.6 Å². The average molecular weight is 385 g/mol. The summed E-state index contributed by atoms with van der Waals surface area (Å²) >= 11 is 5.99. The van der Waals surface area contributed by atoms with Crippen LogP contribution in [0.5, 0.6) is 0 Å². The lowest BCUT2D eigenvalue weighted by molar-refractivity contribution is -0.116. The molecule has 0 spiro atoms. The van der Waals surface area contributed by atoms with E-state index in [-0.39, 0.29) is 23.8 Å². The van der Waals surface area contributed by atoms with E-state index in [1.54, 1.807) is 25.1 Å². The Morgan fingerprint density at radius 3 is 2.52 bits per heavy atom. The summed E-state index contributed by atoms with van der Waals surface area (Å²) in [5.74, 6) is -0.738. The molecule has 5 nitrogen and oxygen atoms in total. The fourth-order valence-corrected chi connectivity index (χ4v) is 3.36. The van der Waals surface area contributed by atoms with E-state index in [4.69, 9.17) is 11.6 Å². The maximum atomic E-state index is 12.8. The lowest BCUT2D eigenvalue weighted by Gasteiger charge is -2.10. The summed E-state index contributed by atoms with van der Waals surface area (Å²) in [5.41, 5.74) is 1.40. The lowest BCUT2D eigenvalue weighted by Crippen LogP contribution is -2.25. The summed E-state index contributed by atoms with van der Waals surface area (Å²) in [5, 5.41) is 3.30. The largest absolute Gasteiger partial charge is 0.326 e. The van der Waals surface area contributed by atoms with Crippen LogP contribution in [0.15, 0.2) is 47.4 Å². The predicted octanol–water partition coefficient (Wildman–Crippen LogP) is 3.48. The average Bonchev–Trinajstić information content (AvgIpc) is 2.56. The van der Waals surface area contributed by atoms with Gasteiger partial charge in [-0.2, -0.15) is 0 Å². The van der Waals surface area contributed by atoms with Crippen LogP contribution in [0.2, 0.25) is 5.02 Å². The number of rotatable bonds is 7. The first-order chi connectivity index (χ1) is 11.8. The van der Waals surface area contributed by atoms with Gasteiger partial charge in [-0.1, -0.05) is 17.7 Å². The van der Waals surface area contributed by atoms with E-state index in [0.29, 0.717) is 17.1 Å². The van der Waals surface area contributed by atoms with Crippen molar-refractivity contribution in [2.75, 3.05) is 11.9 Å². The number of benzene rings is 2. The van der Waals surface area contributed by atoms with E-state index in [9.17, 15) is 17.6 Å². The Bertz CT molecular complexity index is 855. The third-order valence-corrected chi connectivity index (χ3v) is 5.42. The summed E-state index contributed by atoms with van der Waals surface area (Å²) in [6.07, 6.45) is 0.476. The first-order valence-corrected chi connectivity index (χ1v) is 9.46. The molecular formula is C17H18ClFN2O3S. The molecule has 0 fully saturated rings. The number of halogens is 2. The van der Waals surface area contributed by atoms with Crippen LogP contribution < -0.4 is 10.0 Å². The topological polar surface area (TPSA) is 75.3 Å². The highest BCUT2D eigenvalue weighted by Gasteiger charge is 2.13. The molecule has 1 amide bonds. The second kappa shape index (κ2) is 8.42. The Balaban J connectivity index is 1.81. The first kappa shape index (κ1) is 19.4. The number of carbonyl (C=O) groups excluding carboxylic acids is 1. The van der Waals surface area contributed by atoms with E-state index in [1.165, 1.54) is 12.1 Å². The van der Waals surface area contributed by atoms with Crippen LogP contribution in [0.25, 0.3) is 0 Å². The van der Waals surface area contributed by atoms with Crippen molar-refractivity contribution in [1.82, 2.24) is 4.72 Å². The monoisotopic (exact) mass is 384 g/mol. The molecule has 25 heavy (non-hydrogen) atoms. The van der Waals surface area contributed by atoms with Crippen molar-refractivity contribution in [3.8, 4) is 0 Å². The van der Waals surface area contributed by atoms with Gasteiger partial charge in [0.05, 0.1) is 4.90 Å². The van der Waals surface area contributed by atoms with Crippen LogP contribution >= 0.6 is 11.6 Å². The van der Waals surface area contributed by atoms with Crippen LogP contribution in [0.4, 0.5) is 10.1 Å². The predicted molar refractivity (Wildman–Crippen MR) is 95.6 cm³/mol. The Morgan fingerprint density at radius 1 is 1.16 bits per heavy atom. The standard InChI is InChI=1S/C17H18ClFN2O3S/c1-12-15(18)4-2-5-16(12)21-17(22)6-3-11-20-25(23,24)14-9-7-13(19)8-10-14/h2,4-5,7-10,20H,3,6,11H2,1H3,(H,21,22). The highest BCUT2D eigenvalue weighted by atomic mass is 35.5. The molecule has 0 heterocycles. The van der Waals surface area contributed by atoms with Gasteiger partial charge >= 0.3 is 0 Å². The molecule has 0 radical (unpaired) electrons. The molecule has 0 aliphatic heterocycles. The minimum Gasteiger partial charge on any atom is -0.326 e. The van der Waals surface area contributed by atoms with Crippen molar-refractivity contribution in [1.29, 1.82) is 0 Å². The lowest BCUT2D eigenvalue weighted by atomic mass is 10.2. The molecule has 2 aromatic carbocycles. The summed E-state index contributed by atoms with van der Waals surface area (Å²) in [6.45, 7) is 1.90. The molecule has 2 aromatic rings. The van der Waals surface area contributed by atoms with Gasteiger partial charge in [0.25, 0.3) is 0 Å². The molecule has 0 unspecified atom stereocenters. The summed E-state index contributed by atoms with van der Waals surface area (Å²) in [4.78, 5) is 11.9. The molecule has 8 heteroatoms. The van der Waals surface area contributed by atoms with Gasteiger partial charge in [0.15, 0.2) is 0 Å². The number of sulfonamides is 1. The van der Waals surface area contributed by atoms with Crippen molar-refractivity contribution in [3.63, 3.8) is 0 Å². The fourth-order valence-electron chi connectivity index (χ4n) is 2.11. The van der Waals surface area contributed by atoms with Crippen LogP contribution in [-0.4, -0.2) is 20.9 Å². The van der Waals surface area contributed by atoms with E-state index in [2.05, 4.69) is 10.0 Å². The molecule has 0 saturated carbocycles. The Hall–Kier alpha value is -1.96. The van der Waals surface area contributed by atoms with Crippen molar-refractivity contribution in [3.05, 3.63) is 58.9 Å². The molecule has 134 valence electrons. The first-order valence-electron chi connectivity index (χ1n) is 7.60. The quantitative estimate of drug-likeness (QED) is 0.717. The van der Waals surface area contributed by atoms with Crippen molar-refractivity contribution in [2.45, 2.75) is 24.7 Å². The Morgan fingerprint density at radius 2 is 1.84 bits per heavy atom. The maximum Gasteiger partial charge on any atom is 0.240 e. The second-order valence-corrected chi connectivity index (χ2v) is 7.59. The van der Waals surface area contributed by atoms with Gasteiger partial charge in [0.1, 0.15) is 5.82 Å². The number of carbonyl (C=O) groups is 1. The third-order valence-electron chi connectivity index (χ3n) is 3.54. The number of nitrogens with one attached hydrogen (secondary N) is 2. The van der Waals surface area contributed by atoms with Gasteiger partial charge in [-0.25, -0.2) is 17.5 Å². The maximum absolute atomic E-state index is 12.8. The highest BCUT2D eigenvalue weighted by Crippen LogP contribution is 2.23. The van der Waals surface area contributed by atoms with Gasteiger partial charge in [-0.3, -0.25) is 4.79 Å². The second-order valence-electron chi connectivity index (χ2n) is 5.42. The third kappa shape index (κ3) is 5.52. The SMILES string of the molecule is Cc1c(Cl)cccc1NC(=O)CCCNS(=O)(=O)c1ccc(F)cc1. The zero-order valence-electron chi connectivity index (χ0n) is 13.6. The molecule has 0 bridgehead atoms. The normalized spacial score (nSPS) is 11.3. The fraction of sp³-hybridized carbons (Fsp3) is 0.235. The van der Waals surface area contributed by atoms with Crippen LogP contribution in [-0.2, 0) is 14.8 Å². The molecule has 0 aliphatic rings. The molecule has 0 aliphatic carbocycles. The molecule has 0 aromatic heterocycles. The number of anilines is 1. The van der Waals surface area contributed by atoms with Crippen molar-refractivity contribution >= 4 is 33.2 Å². The molecule has 2 N–H and O–H groups in total. The minimum atomic E-state index is -3.71. The smallest absolute Gasteiger partial charge is 0.240 e. The molecule has 0 atom stereocenters. The van der Waals surface area contributed by atoms with Crippen molar-refractivity contribution in [2.24, 2.45) is 0 Å². The highest BCUT2D eigenvalue weighted by molar-refractivity contribution is 7.89. The zero-order valence-corrected chi connectivity index (χ0v) is 15.1. The van der Waals surface area contributed by atoms with Gasteiger partial charge in [-0.15, -0.1) is 0 Å². The van der Waals surface area contributed by atoms with Gasteiger partial charge in [0.2, 0.25) is 15.9 Å². The summed E-state index contributed by atoms with van der Waals surface area (Å²) in [6, 6.07) is 9.75. The van der Waals surface area contributed by atoms with Gasteiger partial charge < -0.3 is 5.32 Å². The Kier molecular flexibility index (Phi) is 6.52. The van der Waals surface area contributed by atoms with E-state index >= 15 is 0 Å². The number of hydrogen-bond donors (Lipinski definition) is 2. The molecule has 2 rings (SSSR count). The minimum absolute atomic E-state index is 0.0205. The van der Waals surface area contributed by atoms with Crippen LogP contribution in [0.1, 0.15) is 18.4 Å². The zero-order chi connectivity index (χ0) is 18.4. The van der Waals surface area contributed by atoms with Gasteiger partial charge in [0, 0.05) is 23.7 Å².